The largest absolute Gasteiger partial charge is 0.299 e. The molecule has 0 radical (unpaired) electrons. The first-order chi connectivity index (χ1) is 9.99. The molecule has 0 bridgehead atoms. The lowest BCUT2D eigenvalue weighted by Gasteiger charge is -2.15. The van der Waals surface area contributed by atoms with E-state index in [-0.39, 0.29) is 23.6 Å². The SMILES string of the molecule is Cc1ccc(C(=O)CN2C(=O)C(=O)c3cccc(F)c32)s1. The minimum atomic E-state index is -0.864. The maximum atomic E-state index is 13.9. The summed E-state index contributed by atoms with van der Waals surface area (Å²) in [6.45, 7) is 1.53. The molecular formula is C15H10FNO3S. The quantitative estimate of drug-likeness (QED) is 0.647. The van der Waals surface area contributed by atoms with Crippen LogP contribution in [0.1, 0.15) is 24.9 Å². The molecule has 0 aliphatic carbocycles. The standard InChI is InChI=1S/C15H10FNO3S/c1-8-5-6-12(21-8)11(18)7-17-13-9(14(19)15(17)20)3-2-4-10(13)16/h2-6H,7H2,1H3. The Balaban J connectivity index is 1.95. The molecule has 0 saturated heterocycles. The van der Waals surface area contributed by atoms with Crippen molar-refractivity contribution in [1.82, 2.24) is 0 Å². The number of para-hydroxylation sites is 1. The van der Waals surface area contributed by atoms with Gasteiger partial charge in [0.2, 0.25) is 0 Å². The van der Waals surface area contributed by atoms with E-state index in [9.17, 15) is 18.8 Å². The smallest absolute Gasteiger partial charge is 0.294 e. The highest BCUT2D eigenvalue weighted by atomic mass is 32.1. The Morgan fingerprint density at radius 2 is 2.00 bits per heavy atom. The van der Waals surface area contributed by atoms with Crippen LogP contribution in [0.25, 0.3) is 0 Å². The van der Waals surface area contributed by atoms with Crippen LogP contribution >= 0.6 is 11.3 Å². The molecule has 2 aromatic rings. The Bertz CT molecular complexity index is 781. The third kappa shape index (κ3) is 2.17. The highest BCUT2D eigenvalue weighted by Gasteiger charge is 2.38. The Kier molecular flexibility index (Phi) is 3.17. The maximum Gasteiger partial charge on any atom is 0.299 e. The highest BCUT2D eigenvalue weighted by Crippen LogP contribution is 2.32. The van der Waals surface area contributed by atoms with E-state index in [4.69, 9.17) is 0 Å². The minimum Gasteiger partial charge on any atom is -0.294 e. The van der Waals surface area contributed by atoms with Crippen LogP contribution in [0.2, 0.25) is 0 Å². The molecule has 1 aromatic heterocycles. The van der Waals surface area contributed by atoms with Gasteiger partial charge in [0, 0.05) is 4.88 Å². The second-order valence-corrected chi connectivity index (χ2v) is 5.98. The molecular weight excluding hydrogens is 293 g/mol. The number of ketones is 2. The lowest BCUT2D eigenvalue weighted by atomic mass is 10.1. The van der Waals surface area contributed by atoms with Crippen LogP contribution in [0.5, 0.6) is 0 Å². The third-order valence-electron chi connectivity index (χ3n) is 3.26. The number of hydrogen-bond acceptors (Lipinski definition) is 4. The first-order valence-corrected chi connectivity index (χ1v) is 7.05. The lowest BCUT2D eigenvalue weighted by Crippen LogP contribution is -2.34. The van der Waals surface area contributed by atoms with Crippen molar-refractivity contribution in [2.75, 3.05) is 11.4 Å². The number of amides is 1. The van der Waals surface area contributed by atoms with Gasteiger partial charge >= 0.3 is 0 Å². The summed E-state index contributed by atoms with van der Waals surface area (Å²) >= 11 is 1.30. The molecule has 2 heterocycles. The van der Waals surface area contributed by atoms with Gasteiger partial charge < -0.3 is 0 Å². The van der Waals surface area contributed by atoms with Gasteiger partial charge in [-0.15, -0.1) is 11.3 Å². The number of carbonyl (C=O) groups excluding carboxylic acids is 3. The topological polar surface area (TPSA) is 54.5 Å². The second kappa shape index (κ2) is 4.89. The van der Waals surface area contributed by atoms with Crippen molar-refractivity contribution in [3.8, 4) is 0 Å². The van der Waals surface area contributed by atoms with Crippen molar-refractivity contribution in [3.63, 3.8) is 0 Å². The van der Waals surface area contributed by atoms with Gasteiger partial charge in [-0.25, -0.2) is 4.39 Å². The van der Waals surface area contributed by atoms with Crippen LogP contribution in [-0.4, -0.2) is 24.0 Å². The van der Waals surface area contributed by atoms with Crippen LogP contribution in [0, 0.1) is 12.7 Å². The normalized spacial score (nSPS) is 13.7. The van der Waals surface area contributed by atoms with E-state index in [1.54, 1.807) is 12.1 Å². The van der Waals surface area contributed by atoms with Crippen LogP contribution in [-0.2, 0) is 4.79 Å². The Morgan fingerprint density at radius 3 is 2.67 bits per heavy atom. The zero-order valence-corrected chi connectivity index (χ0v) is 11.9. The summed E-state index contributed by atoms with van der Waals surface area (Å²) in [5.74, 6) is -2.64. The van der Waals surface area contributed by atoms with E-state index >= 15 is 0 Å². The monoisotopic (exact) mass is 303 g/mol. The van der Waals surface area contributed by atoms with Crippen molar-refractivity contribution in [1.29, 1.82) is 0 Å². The number of nitrogens with zero attached hydrogens (tertiary/aromatic N) is 1. The molecule has 1 amide bonds. The number of Topliss-reactive ketones (excluding diaryl/α,β-unsaturated/α-hetero) is 2. The van der Waals surface area contributed by atoms with Gasteiger partial charge in [0.1, 0.15) is 5.82 Å². The molecule has 0 atom stereocenters. The van der Waals surface area contributed by atoms with Crippen molar-refractivity contribution in [3.05, 3.63) is 51.5 Å². The maximum absolute atomic E-state index is 13.9. The molecule has 3 rings (SSSR count). The molecule has 1 aliphatic rings. The van der Waals surface area contributed by atoms with Crippen molar-refractivity contribution in [2.24, 2.45) is 0 Å². The zero-order valence-electron chi connectivity index (χ0n) is 11.1. The number of benzene rings is 1. The van der Waals surface area contributed by atoms with E-state index in [2.05, 4.69) is 0 Å². The second-order valence-electron chi connectivity index (χ2n) is 4.69. The predicted octanol–water partition coefficient (Wildman–Crippen LogP) is 2.61. The van der Waals surface area contributed by atoms with E-state index in [1.165, 1.54) is 23.5 Å². The Hall–Kier alpha value is -2.34. The fraction of sp³-hybridized carbons (Fsp3) is 0.133. The van der Waals surface area contributed by atoms with Crippen LogP contribution < -0.4 is 4.90 Å². The fourth-order valence-electron chi connectivity index (χ4n) is 2.27. The zero-order chi connectivity index (χ0) is 15.1. The number of aryl methyl sites for hydroxylation is 1. The molecule has 106 valence electrons. The average Bonchev–Trinajstić information content (AvgIpc) is 2.98. The summed E-state index contributed by atoms with van der Waals surface area (Å²) in [6, 6.07) is 7.37. The average molecular weight is 303 g/mol. The molecule has 6 heteroatoms. The van der Waals surface area contributed by atoms with Crippen molar-refractivity contribution in [2.45, 2.75) is 6.92 Å². The van der Waals surface area contributed by atoms with E-state index in [1.807, 2.05) is 6.92 Å². The molecule has 21 heavy (non-hydrogen) atoms. The van der Waals surface area contributed by atoms with Crippen LogP contribution in [0.4, 0.5) is 10.1 Å². The van der Waals surface area contributed by atoms with Crippen molar-refractivity contribution < 1.29 is 18.8 Å². The van der Waals surface area contributed by atoms with Crippen LogP contribution in [0.15, 0.2) is 30.3 Å². The Morgan fingerprint density at radius 1 is 1.24 bits per heavy atom. The highest BCUT2D eigenvalue weighted by molar-refractivity contribution is 7.14. The number of anilines is 1. The first-order valence-electron chi connectivity index (χ1n) is 6.23. The molecule has 0 saturated carbocycles. The molecule has 1 aliphatic heterocycles. The van der Waals surface area contributed by atoms with Gasteiger partial charge in [-0.2, -0.15) is 0 Å². The minimum absolute atomic E-state index is 0.00941. The number of rotatable bonds is 3. The molecule has 0 fully saturated rings. The van der Waals surface area contributed by atoms with E-state index in [0.29, 0.717) is 4.88 Å². The number of hydrogen-bond donors (Lipinski definition) is 0. The number of carbonyl (C=O) groups is 3. The lowest BCUT2D eigenvalue weighted by molar-refractivity contribution is -0.114. The molecule has 0 unspecified atom stereocenters. The number of fused-ring (bicyclic) bond motifs is 1. The molecule has 4 nitrogen and oxygen atoms in total. The summed E-state index contributed by atoms with van der Waals surface area (Å²) in [4.78, 5) is 38.3. The van der Waals surface area contributed by atoms with Gasteiger partial charge in [0.05, 0.1) is 22.7 Å². The number of halogens is 1. The number of thiophene rings is 1. The van der Waals surface area contributed by atoms with Gasteiger partial charge in [-0.3, -0.25) is 19.3 Å². The predicted molar refractivity (Wildman–Crippen MR) is 76.5 cm³/mol. The Labute approximate surface area is 123 Å². The summed E-state index contributed by atoms with van der Waals surface area (Å²) < 4.78 is 13.9. The molecule has 0 spiro atoms. The van der Waals surface area contributed by atoms with Gasteiger partial charge in [-0.1, -0.05) is 6.07 Å². The molecule has 1 aromatic carbocycles. The summed E-state index contributed by atoms with van der Waals surface area (Å²) in [5.41, 5.74) is -0.0933. The van der Waals surface area contributed by atoms with Crippen LogP contribution in [0.3, 0.4) is 0 Å². The van der Waals surface area contributed by atoms with Gasteiger partial charge in [0.25, 0.3) is 11.7 Å². The summed E-state index contributed by atoms with van der Waals surface area (Å²) in [6.07, 6.45) is 0. The fourth-order valence-corrected chi connectivity index (χ4v) is 3.07. The third-order valence-corrected chi connectivity index (χ3v) is 4.30. The van der Waals surface area contributed by atoms with Gasteiger partial charge in [-0.05, 0) is 31.2 Å². The summed E-state index contributed by atoms with van der Waals surface area (Å²) in [5, 5.41) is 0. The van der Waals surface area contributed by atoms with Gasteiger partial charge in [0.15, 0.2) is 5.78 Å². The summed E-state index contributed by atoms with van der Waals surface area (Å²) in [7, 11) is 0. The van der Waals surface area contributed by atoms with E-state index in [0.717, 1.165) is 15.8 Å². The first kappa shape index (κ1) is 13.6. The van der Waals surface area contributed by atoms with Crippen molar-refractivity contribution >= 4 is 34.5 Å². The molecule has 0 N–H and O–H groups in total. The van der Waals surface area contributed by atoms with E-state index < -0.39 is 17.5 Å².